The molecule has 0 spiro atoms. The molecular formula is C17H13ClN4O. The molecule has 0 aliphatic carbocycles. The fourth-order valence-corrected chi connectivity index (χ4v) is 2.23. The van der Waals surface area contributed by atoms with Crippen molar-refractivity contribution in [3.05, 3.63) is 77.7 Å². The number of nitrogens with zero attached hydrogens (tertiary/aromatic N) is 3. The van der Waals surface area contributed by atoms with Crippen LogP contribution in [0.25, 0.3) is 11.9 Å². The van der Waals surface area contributed by atoms with E-state index in [-0.39, 0.29) is 5.91 Å². The van der Waals surface area contributed by atoms with Crippen LogP contribution in [0.2, 0.25) is 5.02 Å². The third kappa shape index (κ3) is 3.84. The van der Waals surface area contributed by atoms with Crippen LogP contribution in [-0.4, -0.2) is 20.7 Å². The zero-order valence-corrected chi connectivity index (χ0v) is 12.8. The molecule has 0 fully saturated rings. The molecule has 6 heteroatoms. The lowest BCUT2D eigenvalue weighted by atomic mass is 10.2. The molecule has 3 rings (SSSR count). The third-order valence-electron chi connectivity index (χ3n) is 3.04. The highest BCUT2D eigenvalue weighted by atomic mass is 35.5. The lowest BCUT2D eigenvalue weighted by molar-refractivity contribution is -0.111. The van der Waals surface area contributed by atoms with Crippen LogP contribution in [0.4, 0.5) is 5.69 Å². The molecule has 0 radical (unpaired) electrons. The number of anilines is 1. The molecule has 0 atom stereocenters. The minimum absolute atomic E-state index is 0.258. The summed E-state index contributed by atoms with van der Waals surface area (Å²) in [6, 6.07) is 12.6. The van der Waals surface area contributed by atoms with Crippen molar-refractivity contribution in [2.75, 3.05) is 5.32 Å². The van der Waals surface area contributed by atoms with Crippen molar-refractivity contribution in [3.8, 4) is 5.82 Å². The largest absolute Gasteiger partial charge is 0.319 e. The summed E-state index contributed by atoms with van der Waals surface area (Å²) in [4.78, 5) is 16.4. The number of hydrogen-bond acceptors (Lipinski definition) is 3. The van der Waals surface area contributed by atoms with Gasteiger partial charge in [0.1, 0.15) is 0 Å². The average Bonchev–Trinajstić information content (AvgIpc) is 3.08. The molecule has 0 saturated carbocycles. The summed E-state index contributed by atoms with van der Waals surface area (Å²) in [5.41, 5.74) is 1.43. The molecule has 1 aromatic carbocycles. The third-order valence-corrected chi connectivity index (χ3v) is 3.28. The van der Waals surface area contributed by atoms with Crippen LogP contribution < -0.4 is 5.32 Å². The summed E-state index contributed by atoms with van der Waals surface area (Å²) in [5, 5.41) is 7.56. The van der Waals surface area contributed by atoms with Crippen molar-refractivity contribution in [1.29, 1.82) is 0 Å². The second-order valence-electron chi connectivity index (χ2n) is 4.70. The van der Waals surface area contributed by atoms with Gasteiger partial charge in [0, 0.05) is 29.7 Å². The van der Waals surface area contributed by atoms with Gasteiger partial charge in [-0.25, -0.2) is 9.67 Å². The van der Waals surface area contributed by atoms with E-state index in [1.165, 1.54) is 6.08 Å². The van der Waals surface area contributed by atoms with Crippen molar-refractivity contribution in [2.45, 2.75) is 0 Å². The zero-order valence-electron chi connectivity index (χ0n) is 12.1. The van der Waals surface area contributed by atoms with Gasteiger partial charge in [0.2, 0.25) is 5.91 Å². The van der Waals surface area contributed by atoms with Crippen molar-refractivity contribution >= 4 is 29.3 Å². The Morgan fingerprint density at radius 1 is 1.17 bits per heavy atom. The van der Waals surface area contributed by atoms with E-state index < -0.39 is 0 Å². The Balaban J connectivity index is 1.76. The maximum Gasteiger partial charge on any atom is 0.248 e. The minimum Gasteiger partial charge on any atom is -0.319 e. The van der Waals surface area contributed by atoms with Crippen LogP contribution in [-0.2, 0) is 4.79 Å². The van der Waals surface area contributed by atoms with Gasteiger partial charge < -0.3 is 5.32 Å². The smallest absolute Gasteiger partial charge is 0.248 e. The first-order valence-corrected chi connectivity index (χ1v) is 7.30. The molecule has 0 aliphatic rings. The Hall–Kier alpha value is -2.92. The van der Waals surface area contributed by atoms with Gasteiger partial charge in [0.05, 0.1) is 5.69 Å². The Morgan fingerprint density at radius 3 is 2.87 bits per heavy atom. The van der Waals surface area contributed by atoms with E-state index in [0.717, 1.165) is 5.56 Å². The monoisotopic (exact) mass is 324 g/mol. The molecule has 0 saturated heterocycles. The zero-order chi connectivity index (χ0) is 16.1. The molecule has 5 nitrogen and oxygen atoms in total. The Bertz CT molecular complexity index is 843. The molecule has 3 aromatic rings. The number of aromatic nitrogens is 3. The van der Waals surface area contributed by atoms with E-state index in [2.05, 4.69) is 15.4 Å². The van der Waals surface area contributed by atoms with E-state index in [4.69, 9.17) is 11.6 Å². The number of carbonyl (C=O) groups is 1. The van der Waals surface area contributed by atoms with Gasteiger partial charge >= 0.3 is 0 Å². The summed E-state index contributed by atoms with van der Waals surface area (Å²) < 4.78 is 1.59. The van der Waals surface area contributed by atoms with Gasteiger partial charge in [-0.15, -0.1) is 0 Å². The number of halogens is 1. The first-order valence-electron chi connectivity index (χ1n) is 6.92. The first-order chi connectivity index (χ1) is 11.2. The van der Waals surface area contributed by atoms with E-state index in [9.17, 15) is 4.79 Å². The quantitative estimate of drug-likeness (QED) is 0.746. The molecule has 23 heavy (non-hydrogen) atoms. The highest BCUT2D eigenvalue weighted by Crippen LogP contribution is 2.16. The highest BCUT2D eigenvalue weighted by Gasteiger charge is 2.07. The second-order valence-corrected chi connectivity index (χ2v) is 5.14. The number of amides is 1. The van der Waals surface area contributed by atoms with Gasteiger partial charge in [-0.1, -0.05) is 23.7 Å². The van der Waals surface area contributed by atoms with E-state index in [1.54, 1.807) is 59.7 Å². The molecule has 0 unspecified atom stereocenters. The second kappa shape index (κ2) is 6.89. The highest BCUT2D eigenvalue weighted by molar-refractivity contribution is 6.30. The van der Waals surface area contributed by atoms with Gasteiger partial charge in [-0.2, -0.15) is 5.10 Å². The Labute approximate surface area is 138 Å². The molecule has 114 valence electrons. The van der Waals surface area contributed by atoms with Gasteiger partial charge in [0.15, 0.2) is 5.82 Å². The molecule has 0 aliphatic heterocycles. The molecule has 2 aromatic heterocycles. The standard InChI is InChI=1S/C17H13ClN4O/c18-14-5-1-4-13(12-14)7-8-16(23)21-15-6-2-9-19-17(15)22-11-3-10-20-22/h1-12H,(H,21,23)/b8-7+. The number of benzene rings is 1. The minimum atomic E-state index is -0.258. The Morgan fingerprint density at radius 2 is 2.09 bits per heavy atom. The molecular weight excluding hydrogens is 312 g/mol. The summed E-state index contributed by atoms with van der Waals surface area (Å²) in [6.07, 6.45) is 8.21. The predicted octanol–water partition coefficient (Wildman–Crippen LogP) is 3.57. The maximum absolute atomic E-state index is 12.1. The Kier molecular flexibility index (Phi) is 4.49. The average molecular weight is 325 g/mol. The molecule has 1 N–H and O–H groups in total. The van der Waals surface area contributed by atoms with Crippen LogP contribution in [0.15, 0.2) is 67.1 Å². The van der Waals surface area contributed by atoms with Gasteiger partial charge in [-0.3, -0.25) is 4.79 Å². The normalized spacial score (nSPS) is 10.8. The summed E-state index contributed by atoms with van der Waals surface area (Å²) in [7, 11) is 0. The van der Waals surface area contributed by atoms with Crippen molar-refractivity contribution in [3.63, 3.8) is 0 Å². The van der Waals surface area contributed by atoms with Crippen molar-refractivity contribution in [1.82, 2.24) is 14.8 Å². The number of nitrogens with one attached hydrogen (secondary N) is 1. The first kappa shape index (κ1) is 15.0. The number of pyridine rings is 1. The fourth-order valence-electron chi connectivity index (χ4n) is 2.03. The molecule has 2 heterocycles. The summed E-state index contributed by atoms with van der Waals surface area (Å²) in [6.45, 7) is 0. The summed E-state index contributed by atoms with van der Waals surface area (Å²) >= 11 is 5.92. The van der Waals surface area contributed by atoms with Gasteiger partial charge in [-0.05, 0) is 42.0 Å². The van der Waals surface area contributed by atoms with Crippen LogP contribution >= 0.6 is 11.6 Å². The van der Waals surface area contributed by atoms with E-state index >= 15 is 0 Å². The topological polar surface area (TPSA) is 59.8 Å². The molecule has 1 amide bonds. The van der Waals surface area contributed by atoms with Crippen LogP contribution in [0.3, 0.4) is 0 Å². The number of rotatable bonds is 4. The van der Waals surface area contributed by atoms with Crippen molar-refractivity contribution < 1.29 is 4.79 Å². The van der Waals surface area contributed by atoms with Crippen LogP contribution in [0, 0.1) is 0 Å². The van der Waals surface area contributed by atoms with E-state index in [1.807, 2.05) is 12.1 Å². The van der Waals surface area contributed by atoms with E-state index in [0.29, 0.717) is 16.5 Å². The van der Waals surface area contributed by atoms with Crippen LogP contribution in [0.5, 0.6) is 0 Å². The van der Waals surface area contributed by atoms with Crippen molar-refractivity contribution in [2.24, 2.45) is 0 Å². The maximum atomic E-state index is 12.1. The summed E-state index contributed by atoms with van der Waals surface area (Å²) in [5.74, 6) is 0.299. The lowest BCUT2D eigenvalue weighted by Crippen LogP contribution is -2.11. The van der Waals surface area contributed by atoms with Gasteiger partial charge in [0.25, 0.3) is 0 Å². The molecule has 0 bridgehead atoms. The fraction of sp³-hybridized carbons (Fsp3) is 0. The number of hydrogen-bond donors (Lipinski definition) is 1. The lowest BCUT2D eigenvalue weighted by Gasteiger charge is -2.08. The van der Waals surface area contributed by atoms with Crippen LogP contribution in [0.1, 0.15) is 5.56 Å². The number of carbonyl (C=O) groups excluding carboxylic acids is 1. The predicted molar refractivity (Wildman–Crippen MR) is 90.5 cm³/mol. The SMILES string of the molecule is O=C(/C=C/c1cccc(Cl)c1)Nc1cccnc1-n1cccn1.